The van der Waals surface area contributed by atoms with Crippen molar-refractivity contribution in [3.8, 4) is 0 Å². The molecule has 0 saturated carbocycles. The van der Waals surface area contributed by atoms with Crippen LogP contribution in [0.1, 0.15) is 31.4 Å². The Bertz CT molecular complexity index is 406. The van der Waals surface area contributed by atoms with Crippen molar-refractivity contribution < 1.29 is 8.78 Å². The summed E-state index contributed by atoms with van der Waals surface area (Å²) in [5.74, 6) is -0.389. The minimum atomic E-state index is -0.523. The van der Waals surface area contributed by atoms with E-state index in [2.05, 4.69) is 4.90 Å². The second-order valence-electron chi connectivity index (χ2n) is 5.06. The largest absolute Gasteiger partial charge is 0.330 e. The standard InChI is InChI=1S/C14H20F2N2.ClH/c1-10(13-3-2-12(15)8-14(13)16)18-6-4-11(9-17)5-7-18;/h2-3,8,10-11H,4-7,9,17H2,1H3;1H. The van der Waals surface area contributed by atoms with Crippen LogP contribution in [-0.2, 0) is 0 Å². The molecule has 0 bridgehead atoms. The van der Waals surface area contributed by atoms with Crippen LogP contribution >= 0.6 is 12.4 Å². The van der Waals surface area contributed by atoms with Gasteiger partial charge in [-0.15, -0.1) is 12.4 Å². The molecule has 1 atom stereocenters. The molecule has 0 spiro atoms. The van der Waals surface area contributed by atoms with E-state index in [1.165, 1.54) is 6.07 Å². The molecule has 1 aromatic rings. The van der Waals surface area contributed by atoms with Gasteiger partial charge in [0.2, 0.25) is 0 Å². The van der Waals surface area contributed by atoms with Gasteiger partial charge in [-0.3, -0.25) is 4.90 Å². The Balaban J connectivity index is 0.00000180. The minimum absolute atomic E-state index is 0. The molecule has 0 aromatic heterocycles. The van der Waals surface area contributed by atoms with Gasteiger partial charge in [0.1, 0.15) is 11.6 Å². The molecule has 0 aliphatic carbocycles. The van der Waals surface area contributed by atoms with Crippen LogP contribution in [0.15, 0.2) is 18.2 Å². The average molecular weight is 291 g/mol. The Labute approximate surface area is 119 Å². The normalized spacial score (nSPS) is 18.9. The zero-order valence-electron chi connectivity index (χ0n) is 11.1. The third-order valence-corrected chi connectivity index (χ3v) is 3.94. The first-order chi connectivity index (χ1) is 8.61. The summed E-state index contributed by atoms with van der Waals surface area (Å²) in [5, 5.41) is 0. The topological polar surface area (TPSA) is 29.3 Å². The van der Waals surface area contributed by atoms with E-state index in [4.69, 9.17) is 5.73 Å². The SMILES string of the molecule is CC(c1ccc(F)cc1F)N1CCC(CN)CC1.Cl. The lowest BCUT2D eigenvalue weighted by Crippen LogP contribution is -2.37. The Morgan fingerprint density at radius 3 is 2.47 bits per heavy atom. The number of hydrogen-bond donors (Lipinski definition) is 1. The summed E-state index contributed by atoms with van der Waals surface area (Å²) >= 11 is 0. The molecule has 1 unspecified atom stereocenters. The molecule has 0 amide bonds. The van der Waals surface area contributed by atoms with Crippen LogP contribution in [0.5, 0.6) is 0 Å². The molecule has 1 heterocycles. The van der Waals surface area contributed by atoms with Gasteiger partial charge in [-0.25, -0.2) is 8.78 Å². The maximum Gasteiger partial charge on any atom is 0.130 e. The van der Waals surface area contributed by atoms with Crippen molar-refractivity contribution in [2.45, 2.75) is 25.8 Å². The Kier molecular flexibility index (Phi) is 6.17. The summed E-state index contributed by atoms with van der Waals surface area (Å²) in [6.45, 7) is 4.56. The van der Waals surface area contributed by atoms with E-state index in [1.807, 2.05) is 6.92 Å². The van der Waals surface area contributed by atoms with E-state index in [0.29, 0.717) is 11.5 Å². The lowest BCUT2D eigenvalue weighted by atomic mass is 9.94. The minimum Gasteiger partial charge on any atom is -0.330 e. The van der Waals surface area contributed by atoms with Crippen molar-refractivity contribution in [1.29, 1.82) is 0 Å². The molecule has 1 fully saturated rings. The monoisotopic (exact) mass is 290 g/mol. The molecule has 5 heteroatoms. The number of halogens is 3. The van der Waals surface area contributed by atoms with Crippen LogP contribution < -0.4 is 5.73 Å². The van der Waals surface area contributed by atoms with Gasteiger partial charge >= 0.3 is 0 Å². The Hall–Kier alpha value is -0.710. The molecule has 19 heavy (non-hydrogen) atoms. The lowest BCUT2D eigenvalue weighted by molar-refractivity contribution is 0.141. The highest BCUT2D eigenvalue weighted by molar-refractivity contribution is 5.85. The number of nitrogens with two attached hydrogens (primary N) is 1. The van der Waals surface area contributed by atoms with Gasteiger partial charge in [0.05, 0.1) is 0 Å². The third kappa shape index (κ3) is 3.88. The van der Waals surface area contributed by atoms with E-state index in [1.54, 1.807) is 6.07 Å². The predicted molar refractivity (Wildman–Crippen MR) is 75.4 cm³/mol. The smallest absolute Gasteiger partial charge is 0.130 e. The number of rotatable bonds is 3. The van der Waals surface area contributed by atoms with Gasteiger partial charge in [-0.05, 0) is 51.4 Å². The van der Waals surface area contributed by atoms with Crippen LogP contribution in [0.4, 0.5) is 8.78 Å². The third-order valence-electron chi connectivity index (χ3n) is 3.94. The predicted octanol–water partition coefficient (Wildman–Crippen LogP) is 3.12. The van der Waals surface area contributed by atoms with Crippen molar-refractivity contribution >= 4 is 12.4 Å². The molecule has 0 radical (unpaired) electrons. The molecule has 108 valence electrons. The van der Waals surface area contributed by atoms with E-state index in [-0.39, 0.29) is 18.4 Å². The highest BCUT2D eigenvalue weighted by Crippen LogP contribution is 2.27. The van der Waals surface area contributed by atoms with Crippen LogP contribution in [0, 0.1) is 17.6 Å². The summed E-state index contributed by atoms with van der Waals surface area (Å²) < 4.78 is 26.6. The van der Waals surface area contributed by atoms with Gasteiger partial charge in [-0.2, -0.15) is 0 Å². The molecule has 2 rings (SSSR count). The summed E-state index contributed by atoms with van der Waals surface area (Å²) in [6, 6.07) is 3.81. The second kappa shape index (κ2) is 7.17. The average Bonchev–Trinajstić information content (AvgIpc) is 2.38. The van der Waals surface area contributed by atoms with Crippen LogP contribution in [0.2, 0.25) is 0 Å². The summed E-state index contributed by atoms with van der Waals surface area (Å²) in [6.07, 6.45) is 2.12. The highest BCUT2D eigenvalue weighted by atomic mass is 35.5. The fourth-order valence-corrected chi connectivity index (χ4v) is 2.61. The number of likely N-dealkylation sites (tertiary alicyclic amines) is 1. The fraction of sp³-hybridized carbons (Fsp3) is 0.571. The lowest BCUT2D eigenvalue weighted by Gasteiger charge is -2.36. The molecule has 2 nitrogen and oxygen atoms in total. The van der Waals surface area contributed by atoms with Crippen molar-refractivity contribution in [3.63, 3.8) is 0 Å². The second-order valence-corrected chi connectivity index (χ2v) is 5.06. The van der Waals surface area contributed by atoms with Gasteiger partial charge in [-0.1, -0.05) is 6.07 Å². The van der Waals surface area contributed by atoms with E-state index in [0.717, 1.165) is 38.5 Å². The van der Waals surface area contributed by atoms with Gasteiger partial charge in [0.15, 0.2) is 0 Å². The number of nitrogens with zero attached hydrogens (tertiary/aromatic N) is 1. The molecule has 1 saturated heterocycles. The summed E-state index contributed by atoms with van der Waals surface area (Å²) in [7, 11) is 0. The molecule has 1 aromatic carbocycles. The van der Waals surface area contributed by atoms with Crippen LogP contribution in [0.25, 0.3) is 0 Å². The van der Waals surface area contributed by atoms with E-state index in [9.17, 15) is 8.78 Å². The fourth-order valence-electron chi connectivity index (χ4n) is 2.61. The number of hydrogen-bond acceptors (Lipinski definition) is 2. The zero-order chi connectivity index (χ0) is 13.1. The number of piperidine rings is 1. The van der Waals surface area contributed by atoms with Crippen LogP contribution in [-0.4, -0.2) is 24.5 Å². The van der Waals surface area contributed by atoms with Crippen LogP contribution in [0.3, 0.4) is 0 Å². The van der Waals surface area contributed by atoms with Crippen molar-refractivity contribution in [2.24, 2.45) is 11.7 Å². The zero-order valence-corrected chi connectivity index (χ0v) is 11.9. The van der Waals surface area contributed by atoms with Gasteiger partial charge < -0.3 is 5.73 Å². The van der Waals surface area contributed by atoms with Gasteiger partial charge in [0, 0.05) is 17.7 Å². The maximum atomic E-state index is 13.7. The van der Waals surface area contributed by atoms with Crippen molar-refractivity contribution in [3.05, 3.63) is 35.4 Å². The quantitative estimate of drug-likeness (QED) is 0.927. The maximum absolute atomic E-state index is 13.7. The van der Waals surface area contributed by atoms with Crippen molar-refractivity contribution in [2.75, 3.05) is 19.6 Å². The Morgan fingerprint density at radius 1 is 1.32 bits per heavy atom. The summed E-state index contributed by atoms with van der Waals surface area (Å²) in [5.41, 5.74) is 6.23. The summed E-state index contributed by atoms with van der Waals surface area (Å²) in [4.78, 5) is 2.24. The highest BCUT2D eigenvalue weighted by Gasteiger charge is 2.24. The molecular weight excluding hydrogens is 270 g/mol. The first-order valence-electron chi connectivity index (χ1n) is 6.51. The van der Waals surface area contributed by atoms with E-state index >= 15 is 0 Å². The first-order valence-corrected chi connectivity index (χ1v) is 6.51. The van der Waals surface area contributed by atoms with Crippen molar-refractivity contribution in [1.82, 2.24) is 4.90 Å². The molecule has 2 N–H and O–H groups in total. The molecule has 1 aliphatic rings. The Morgan fingerprint density at radius 2 is 1.95 bits per heavy atom. The number of benzene rings is 1. The van der Waals surface area contributed by atoms with E-state index < -0.39 is 11.6 Å². The molecular formula is C14H21ClF2N2. The van der Waals surface area contributed by atoms with Gasteiger partial charge in [0.25, 0.3) is 0 Å². The molecule has 1 aliphatic heterocycles. The first kappa shape index (κ1) is 16.3.